The molecule has 0 bridgehead atoms. The lowest BCUT2D eigenvalue weighted by Gasteiger charge is -2.12. The second-order valence-electron chi connectivity index (χ2n) is 3.95. The third-order valence-electron chi connectivity index (χ3n) is 2.26. The van der Waals surface area contributed by atoms with Crippen LogP contribution < -0.4 is 16.2 Å². The van der Waals surface area contributed by atoms with E-state index in [4.69, 9.17) is 10.9 Å². The lowest BCUT2D eigenvalue weighted by atomic mass is 10.2. The second-order valence-corrected chi connectivity index (χ2v) is 5.48. The molecule has 0 amide bonds. The van der Waals surface area contributed by atoms with E-state index < -0.39 is 22.6 Å². The molecular formula is C10H14F3N3O2S. The van der Waals surface area contributed by atoms with Gasteiger partial charge in [-0.3, -0.25) is 0 Å². The first-order valence-electron chi connectivity index (χ1n) is 5.32. The number of alkyl halides is 3. The van der Waals surface area contributed by atoms with E-state index in [1.165, 1.54) is 12.1 Å². The van der Waals surface area contributed by atoms with Crippen LogP contribution in [0, 0.1) is 0 Å². The summed E-state index contributed by atoms with van der Waals surface area (Å²) in [6, 6.07) is 3.95. The molecule has 0 aliphatic carbocycles. The quantitative estimate of drug-likeness (QED) is 0.568. The largest absolute Gasteiger partial charge is 0.399 e. The Bertz CT molecular complexity index is 543. The molecule has 0 radical (unpaired) electrons. The van der Waals surface area contributed by atoms with Crippen LogP contribution in [0.25, 0.3) is 0 Å². The molecule has 0 atom stereocenters. The first kappa shape index (κ1) is 15.6. The summed E-state index contributed by atoms with van der Waals surface area (Å²) >= 11 is 0. The number of nitrogens with one attached hydrogen (secondary N) is 1. The van der Waals surface area contributed by atoms with Crippen LogP contribution in [0.2, 0.25) is 0 Å². The summed E-state index contributed by atoms with van der Waals surface area (Å²) in [6.45, 7) is -0.0219. The first-order valence-corrected chi connectivity index (χ1v) is 6.87. The van der Waals surface area contributed by atoms with Crippen LogP contribution >= 0.6 is 0 Å². The van der Waals surface area contributed by atoms with Crippen molar-refractivity contribution in [2.75, 3.05) is 17.6 Å². The zero-order valence-corrected chi connectivity index (χ0v) is 10.7. The summed E-state index contributed by atoms with van der Waals surface area (Å²) in [5.74, 6) is 0. The maximum atomic E-state index is 11.9. The molecule has 0 fully saturated rings. The molecule has 108 valence electrons. The summed E-state index contributed by atoms with van der Waals surface area (Å²) in [4.78, 5) is -0.237. The number of anilines is 2. The molecule has 0 saturated heterocycles. The van der Waals surface area contributed by atoms with E-state index in [1.54, 1.807) is 0 Å². The highest BCUT2D eigenvalue weighted by Gasteiger charge is 2.26. The molecular weight excluding hydrogens is 283 g/mol. The normalized spacial score (nSPS) is 12.4. The molecule has 1 aromatic rings. The molecule has 0 unspecified atom stereocenters. The van der Waals surface area contributed by atoms with E-state index in [2.05, 4.69) is 5.32 Å². The number of benzene rings is 1. The predicted octanol–water partition coefficient (Wildman–Crippen LogP) is 1.67. The first-order chi connectivity index (χ1) is 8.59. The molecule has 0 saturated carbocycles. The van der Waals surface area contributed by atoms with Crippen LogP contribution in [0.1, 0.15) is 12.8 Å². The van der Waals surface area contributed by atoms with Gasteiger partial charge in [0, 0.05) is 18.7 Å². The topological polar surface area (TPSA) is 98.2 Å². The lowest BCUT2D eigenvalue weighted by Crippen LogP contribution is -2.16. The van der Waals surface area contributed by atoms with E-state index in [0.717, 1.165) is 6.07 Å². The Hall–Kier alpha value is -1.48. The van der Waals surface area contributed by atoms with Crippen molar-refractivity contribution in [3.63, 3.8) is 0 Å². The molecule has 0 aliphatic rings. The molecule has 0 heterocycles. The summed E-state index contributed by atoms with van der Waals surface area (Å²) < 4.78 is 58.4. The standard InChI is InChI=1S/C10H14F3N3O2S/c11-10(12,13)4-1-5-16-8-3-2-7(14)6-9(8)19(15,17)18/h2-3,6,16H,1,4-5,14H2,(H2,15,17,18). The molecule has 0 spiro atoms. The fourth-order valence-electron chi connectivity index (χ4n) is 1.43. The highest BCUT2D eigenvalue weighted by molar-refractivity contribution is 7.89. The summed E-state index contributed by atoms with van der Waals surface area (Å²) in [5, 5.41) is 7.60. The minimum atomic E-state index is -4.23. The van der Waals surface area contributed by atoms with Gasteiger partial charge in [-0.1, -0.05) is 0 Å². The fraction of sp³-hybridized carbons (Fsp3) is 0.400. The number of hydrogen-bond donors (Lipinski definition) is 3. The van der Waals surface area contributed by atoms with Crippen LogP contribution in [0.15, 0.2) is 23.1 Å². The van der Waals surface area contributed by atoms with Gasteiger partial charge in [-0.25, -0.2) is 13.6 Å². The number of halogens is 3. The van der Waals surface area contributed by atoms with Crippen molar-refractivity contribution in [3.8, 4) is 0 Å². The van der Waals surface area contributed by atoms with Gasteiger partial charge in [0.1, 0.15) is 4.90 Å². The van der Waals surface area contributed by atoms with Crippen LogP contribution in [-0.2, 0) is 10.0 Å². The van der Waals surface area contributed by atoms with Crippen molar-refractivity contribution < 1.29 is 21.6 Å². The van der Waals surface area contributed by atoms with Gasteiger partial charge in [0.05, 0.1) is 5.69 Å². The SMILES string of the molecule is Nc1ccc(NCCCC(F)(F)F)c(S(N)(=O)=O)c1. The van der Waals surface area contributed by atoms with Gasteiger partial charge in [-0.05, 0) is 24.6 Å². The van der Waals surface area contributed by atoms with E-state index in [-0.39, 0.29) is 29.2 Å². The maximum absolute atomic E-state index is 11.9. The van der Waals surface area contributed by atoms with Gasteiger partial charge < -0.3 is 11.1 Å². The van der Waals surface area contributed by atoms with Crippen molar-refractivity contribution in [2.45, 2.75) is 23.9 Å². The van der Waals surface area contributed by atoms with Gasteiger partial charge in [-0.15, -0.1) is 0 Å². The fourth-order valence-corrected chi connectivity index (χ4v) is 2.18. The molecule has 1 aromatic carbocycles. The van der Waals surface area contributed by atoms with E-state index >= 15 is 0 Å². The minimum Gasteiger partial charge on any atom is -0.399 e. The van der Waals surface area contributed by atoms with Gasteiger partial charge in [0.15, 0.2) is 0 Å². The highest BCUT2D eigenvalue weighted by atomic mass is 32.2. The Morgan fingerprint density at radius 1 is 1.26 bits per heavy atom. The number of nitrogen functional groups attached to an aromatic ring is 1. The van der Waals surface area contributed by atoms with Crippen LogP contribution in [0.5, 0.6) is 0 Å². The number of rotatable bonds is 5. The highest BCUT2D eigenvalue weighted by Crippen LogP contribution is 2.24. The van der Waals surface area contributed by atoms with Crippen LogP contribution in [0.4, 0.5) is 24.5 Å². The molecule has 5 nitrogen and oxygen atoms in total. The van der Waals surface area contributed by atoms with Gasteiger partial charge >= 0.3 is 6.18 Å². The number of hydrogen-bond acceptors (Lipinski definition) is 4. The Morgan fingerprint density at radius 3 is 2.42 bits per heavy atom. The number of primary sulfonamides is 1. The van der Waals surface area contributed by atoms with Crippen LogP contribution in [-0.4, -0.2) is 21.1 Å². The molecule has 19 heavy (non-hydrogen) atoms. The van der Waals surface area contributed by atoms with Crippen LogP contribution in [0.3, 0.4) is 0 Å². The zero-order valence-electron chi connectivity index (χ0n) is 9.87. The number of nitrogens with two attached hydrogens (primary N) is 2. The number of sulfonamides is 1. The van der Waals surface area contributed by atoms with E-state index in [9.17, 15) is 21.6 Å². The summed E-state index contributed by atoms with van der Waals surface area (Å²) in [5.41, 5.74) is 5.78. The predicted molar refractivity (Wildman–Crippen MR) is 66.0 cm³/mol. The third kappa shape index (κ3) is 5.35. The summed E-state index contributed by atoms with van der Waals surface area (Å²) in [6.07, 6.45) is -5.34. The zero-order chi connectivity index (χ0) is 14.7. The molecule has 9 heteroatoms. The Labute approximate surface area is 108 Å². The van der Waals surface area contributed by atoms with Gasteiger partial charge in [0.2, 0.25) is 10.0 Å². The van der Waals surface area contributed by atoms with E-state index in [1.807, 2.05) is 0 Å². The smallest absolute Gasteiger partial charge is 0.389 e. The lowest BCUT2D eigenvalue weighted by molar-refractivity contribution is -0.134. The Kier molecular flexibility index (Phi) is 4.64. The Balaban J connectivity index is 2.74. The maximum Gasteiger partial charge on any atom is 0.389 e. The third-order valence-corrected chi connectivity index (χ3v) is 3.22. The van der Waals surface area contributed by atoms with Crippen molar-refractivity contribution >= 4 is 21.4 Å². The Morgan fingerprint density at radius 2 is 1.89 bits per heavy atom. The monoisotopic (exact) mass is 297 g/mol. The van der Waals surface area contributed by atoms with E-state index in [0.29, 0.717) is 0 Å². The van der Waals surface area contributed by atoms with Crippen molar-refractivity contribution in [1.29, 1.82) is 0 Å². The van der Waals surface area contributed by atoms with Gasteiger partial charge in [0.25, 0.3) is 0 Å². The average molecular weight is 297 g/mol. The average Bonchev–Trinajstić information content (AvgIpc) is 2.23. The van der Waals surface area contributed by atoms with Crippen molar-refractivity contribution in [1.82, 2.24) is 0 Å². The van der Waals surface area contributed by atoms with Crippen molar-refractivity contribution in [3.05, 3.63) is 18.2 Å². The second kappa shape index (κ2) is 5.66. The minimum absolute atomic E-state index is 0.0219. The molecule has 1 rings (SSSR count). The van der Waals surface area contributed by atoms with Gasteiger partial charge in [-0.2, -0.15) is 13.2 Å². The molecule has 0 aromatic heterocycles. The van der Waals surface area contributed by atoms with Crippen molar-refractivity contribution in [2.24, 2.45) is 5.14 Å². The summed E-state index contributed by atoms with van der Waals surface area (Å²) in [7, 11) is -3.99. The molecule has 5 N–H and O–H groups in total. The molecule has 0 aliphatic heterocycles.